The molecule has 1 atom stereocenters. The molecule has 1 aliphatic rings. The zero-order valence-corrected chi connectivity index (χ0v) is 14.4. The van der Waals surface area contributed by atoms with Gasteiger partial charge >= 0.3 is 5.97 Å². The largest absolute Gasteiger partial charge is 0.595 e. The van der Waals surface area contributed by atoms with Crippen molar-refractivity contribution >= 4 is 23.5 Å². The summed E-state index contributed by atoms with van der Waals surface area (Å²) in [6.07, 6.45) is 1.48. The van der Waals surface area contributed by atoms with Gasteiger partial charge in [0.05, 0.1) is 12.2 Å². The molecule has 2 aromatic rings. The quantitative estimate of drug-likeness (QED) is 0.451. The number of esters is 1. The lowest BCUT2D eigenvalue weighted by Gasteiger charge is -2.11. The molecule has 1 aliphatic heterocycles. The lowest BCUT2D eigenvalue weighted by Crippen LogP contribution is -2.99. The predicted octanol–water partition coefficient (Wildman–Crippen LogP) is 1.65. The minimum Gasteiger partial charge on any atom is -0.595 e. The van der Waals surface area contributed by atoms with Gasteiger partial charge in [0.1, 0.15) is 11.5 Å². The number of quaternary nitrogens is 1. The van der Waals surface area contributed by atoms with Crippen molar-refractivity contribution in [1.82, 2.24) is 0 Å². The fraction of sp³-hybridized carbons (Fsp3) is 0.158. The third-order valence-electron chi connectivity index (χ3n) is 3.73. The Hall–Kier alpha value is -3.20. The SMILES string of the molecule is CCOC(=O)COc1ccc2c(c1)OC(=Cc1cccc([NH+]([O-])O)c1)C2=O. The van der Waals surface area contributed by atoms with Gasteiger partial charge in [0.2, 0.25) is 5.78 Å². The fourth-order valence-electron chi connectivity index (χ4n) is 2.51. The Bertz CT molecular complexity index is 905. The van der Waals surface area contributed by atoms with E-state index in [1.165, 1.54) is 24.3 Å². The van der Waals surface area contributed by atoms with Crippen LogP contribution in [0.25, 0.3) is 6.08 Å². The highest BCUT2D eigenvalue weighted by molar-refractivity contribution is 6.14. The number of ether oxygens (including phenoxy) is 3. The maximum absolute atomic E-state index is 12.5. The second kappa shape index (κ2) is 8.00. The van der Waals surface area contributed by atoms with Gasteiger partial charge in [-0.3, -0.25) is 4.79 Å². The van der Waals surface area contributed by atoms with E-state index in [2.05, 4.69) is 0 Å². The van der Waals surface area contributed by atoms with E-state index in [1.54, 1.807) is 31.2 Å². The molecule has 1 unspecified atom stereocenters. The van der Waals surface area contributed by atoms with E-state index >= 15 is 0 Å². The van der Waals surface area contributed by atoms with Gasteiger partial charge in [-0.2, -0.15) is 5.23 Å². The summed E-state index contributed by atoms with van der Waals surface area (Å²) < 4.78 is 15.7. The van der Waals surface area contributed by atoms with Crippen LogP contribution in [0, 0.1) is 5.21 Å². The second-order valence-corrected chi connectivity index (χ2v) is 5.62. The third-order valence-corrected chi connectivity index (χ3v) is 3.73. The van der Waals surface area contributed by atoms with Crippen molar-refractivity contribution in [2.75, 3.05) is 13.2 Å². The normalized spacial score (nSPS) is 15.2. The van der Waals surface area contributed by atoms with Gasteiger partial charge in [-0.05, 0) is 30.7 Å². The van der Waals surface area contributed by atoms with Crippen molar-refractivity contribution < 1.29 is 34.2 Å². The Labute approximate surface area is 154 Å². The van der Waals surface area contributed by atoms with Gasteiger partial charge in [-0.1, -0.05) is 12.1 Å². The molecular formula is C19H17NO7. The molecule has 0 radical (unpaired) electrons. The standard InChI is InChI=1S/C19H17NO7/c1-2-25-18(21)11-26-14-6-7-15-16(10-14)27-17(19(15)22)9-12-4-3-5-13(8-12)20(23)24/h3-10,20,23H,2,11H2,1H3. The van der Waals surface area contributed by atoms with Crippen molar-refractivity contribution in [2.24, 2.45) is 0 Å². The van der Waals surface area contributed by atoms with Crippen LogP contribution < -0.4 is 14.7 Å². The third kappa shape index (κ3) is 4.32. The average Bonchev–Trinajstić information content (AvgIpc) is 2.95. The zero-order chi connectivity index (χ0) is 19.4. The van der Waals surface area contributed by atoms with E-state index in [-0.39, 0.29) is 30.4 Å². The summed E-state index contributed by atoms with van der Waals surface area (Å²) >= 11 is 0. The molecule has 0 aliphatic carbocycles. The van der Waals surface area contributed by atoms with Gasteiger partial charge < -0.3 is 19.4 Å². The zero-order valence-electron chi connectivity index (χ0n) is 14.4. The Balaban J connectivity index is 1.76. The summed E-state index contributed by atoms with van der Waals surface area (Å²) in [4.78, 5) is 23.8. The van der Waals surface area contributed by atoms with E-state index in [0.717, 1.165) is 0 Å². The van der Waals surface area contributed by atoms with Crippen LogP contribution in [-0.2, 0) is 9.53 Å². The molecule has 0 saturated carbocycles. The lowest BCUT2D eigenvalue weighted by molar-refractivity contribution is -0.991. The molecule has 140 valence electrons. The summed E-state index contributed by atoms with van der Waals surface area (Å²) in [7, 11) is 0. The number of rotatable bonds is 6. The Morgan fingerprint density at radius 2 is 2.11 bits per heavy atom. The molecule has 2 N–H and O–H groups in total. The second-order valence-electron chi connectivity index (χ2n) is 5.62. The topological polar surface area (TPSA) is 110 Å². The lowest BCUT2D eigenvalue weighted by atomic mass is 10.1. The van der Waals surface area contributed by atoms with E-state index in [9.17, 15) is 14.8 Å². The molecule has 0 aromatic heterocycles. The summed E-state index contributed by atoms with van der Waals surface area (Å²) in [5.41, 5.74) is 1.01. The maximum atomic E-state index is 12.5. The van der Waals surface area contributed by atoms with Gasteiger partial charge in [-0.25, -0.2) is 10.0 Å². The van der Waals surface area contributed by atoms with Crippen molar-refractivity contribution in [3.8, 4) is 11.5 Å². The highest BCUT2D eigenvalue weighted by Crippen LogP contribution is 2.35. The molecule has 1 heterocycles. The molecule has 8 heteroatoms. The summed E-state index contributed by atoms with van der Waals surface area (Å²) in [6.45, 7) is 1.72. The van der Waals surface area contributed by atoms with Crippen LogP contribution in [0.1, 0.15) is 22.8 Å². The number of fused-ring (bicyclic) bond motifs is 1. The Kier molecular flexibility index (Phi) is 5.51. The summed E-state index contributed by atoms with van der Waals surface area (Å²) in [5, 5.41) is 19.1. The number of nitrogens with one attached hydrogen (secondary N) is 1. The van der Waals surface area contributed by atoms with Gasteiger partial charge in [-0.15, -0.1) is 0 Å². The first-order chi connectivity index (χ1) is 13.0. The van der Waals surface area contributed by atoms with E-state index in [0.29, 0.717) is 22.6 Å². The molecule has 0 spiro atoms. The number of Topliss-reactive ketones (excluding diaryl/α,β-unsaturated/α-hetero) is 1. The molecule has 3 rings (SSSR count). The van der Waals surface area contributed by atoms with Crippen LogP contribution in [-0.4, -0.2) is 30.2 Å². The van der Waals surface area contributed by atoms with Gasteiger partial charge in [0, 0.05) is 18.2 Å². The number of carbonyl (C=O) groups is 2. The Morgan fingerprint density at radius 1 is 1.30 bits per heavy atom. The van der Waals surface area contributed by atoms with Crippen molar-refractivity contribution in [2.45, 2.75) is 6.92 Å². The Morgan fingerprint density at radius 3 is 2.85 bits per heavy atom. The van der Waals surface area contributed by atoms with Crippen molar-refractivity contribution in [1.29, 1.82) is 0 Å². The van der Waals surface area contributed by atoms with Crippen molar-refractivity contribution in [3.63, 3.8) is 0 Å². The number of allylic oxidation sites excluding steroid dienone is 1. The molecule has 2 aromatic carbocycles. The highest BCUT2D eigenvalue weighted by Gasteiger charge is 2.28. The van der Waals surface area contributed by atoms with E-state index in [1.807, 2.05) is 0 Å². The number of ketones is 1. The monoisotopic (exact) mass is 371 g/mol. The van der Waals surface area contributed by atoms with Crippen molar-refractivity contribution in [3.05, 3.63) is 64.6 Å². The molecule has 0 bridgehead atoms. The molecule has 0 fully saturated rings. The molecule has 8 nitrogen and oxygen atoms in total. The molecular weight excluding hydrogens is 354 g/mol. The van der Waals surface area contributed by atoms with Crippen LogP contribution in [0.15, 0.2) is 48.2 Å². The minimum atomic E-state index is -1.06. The number of benzene rings is 2. The van der Waals surface area contributed by atoms with Crippen LogP contribution >= 0.6 is 0 Å². The first-order valence-electron chi connectivity index (χ1n) is 8.18. The first-order valence-corrected chi connectivity index (χ1v) is 8.18. The number of hydrogen-bond donors (Lipinski definition) is 2. The average molecular weight is 371 g/mol. The van der Waals surface area contributed by atoms with E-state index < -0.39 is 11.2 Å². The number of hydrogen-bond acceptors (Lipinski definition) is 7. The summed E-state index contributed by atoms with van der Waals surface area (Å²) in [5.74, 6) is -0.0580. The predicted molar refractivity (Wildman–Crippen MR) is 93.7 cm³/mol. The van der Waals surface area contributed by atoms with Gasteiger partial charge in [0.25, 0.3) is 0 Å². The van der Waals surface area contributed by atoms with Crippen LogP contribution in [0.4, 0.5) is 5.69 Å². The molecule has 0 amide bonds. The van der Waals surface area contributed by atoms with Gasteiger partial charge in [0.15, 0.2) is 18.1 Å². The maximum Gasteiger partial charge on any atom is 0.344 e. The van der Waals surface area contributed by atoms with Crippen LogP contribution in [0.2, 0.25) is 0 Å². The summed E-state index contributed by atoms with van der Waals surface area (Å²) in [6, 6.07) is 10.8. The fourth-order valence-corrected chi connectivity index (χ4v) is 2.51. The smallest absolute Gasteiger partial charge is 0.344 e. The van der Waals surface area contributed by atoms with E-state index in [4.69, 9.17) is 19.4 Å². The highest BCUT2D eigenvalue weighted by atomic mass is 16.8. The van der Waals surface area contributed by atoms with Crippen LogP contribution in [0.3, 0.4) is 0 Å². The first kappa shape index (κ1) is 18.6. The minimum absolute atomic E-state index is 0.0788. The van der Waals surface area contributed by atoms with Crippen LogP contribution in [0.5, 0.6) is 11.5 Å². The number of carbonyl (C=O) groups excluding carboxylic acids is 2. The molecule has 0 saturated heterocycles. The molecule has 27 heavy (non-hydrogen) atoms.